The molecule has 0 saturated heterocycles. The average molecular weight is 247 g/mol. The summed E-state index contributed by atoms with van der Waals surface area (Å²) in [4.78, 5) is 0. The van der Waals surface area contributed by atoms with E-state index in [0.717, 1.165) is 17.2 Å². The molecule has 1 nitrogen and oxygen atoms in total. The van der Waals surface area contributed by atoms with Crippen molar-refractivity contribution in [2.45, 2.75) is 51.5 Å². The van der Waals surface area contributed by atoms with E-state index in [2.05, 4.69) is 26.1 Å². The molecule has 3 atom stereocenters. The zero-order valence-electron chi connectivity index (χ0n) is 11.5. The summed E-state index contributed by atoms with van der Waals surface area (Å²) >= 11 is 0. The van der Waals surface area contributed by atoms with Crippen LogP contribution in [-0.4, -0.2) is 6.04 Å². The molecular weight excluding hydrogens is 225 g/mol. The molecule has 2 heteroatoms. The van der Waals surface area contributed by atoms with E-state index in [1.165, 1.54) is 19.3 Å². The van der Waals surface area contributed by atoms with Crippen LogP contribution < -0.4 is 5.32 Å². The van der Waals surface area contributed by atoms with Gasteiger partial charge in [0, 0.05) is 11.7 Å². The van der Waals surface area contributed by atoms with E-state index in [1.807, 2.05) is 6.07 Å². The first-order chi connectivity index (χ1) is 8.48. The van der Waals surface area contributed by atoms with Crippen LogP contribution in [-0.2, 0) is 5.41 Å². The van der Waals surface area contributed by atoms with Gasteiger partial charge in [0.1, 0.15) is 5.82 Å². The SMILES string of the molecule is C[C@H]1CC[C@H]2[C@H](C1)Nc1ccc(F)cc1C2(C)C. The quantitative estimate of drug-likeness (QED) is 0.719. The summed E-state index contributed by atoms with van der Waals surface area (Å²) in [6, 6.07) is 5.74. The summed E-state index contributed by atoms with van der Waals surface area (Å²) < 4.78 is 13.5. The van der Waals surface area contributed by atoms with Crippen LogP contribution in [0.2, 0.25) is 0 Å². The molecule has 3 rings (SSSR count). The van der Waals surface area contributed by atoms with Gasteiger partial charge in [0.25, 0.3) is 0 Å². The van der Waals surface area contributed by atoms with E-state index in [1.54, 1.807) is 12.1 Å². The molecule has 0 bridgehead atoms. The number of halogens is 1. The van der Waals surface area contributed by atoms with E-state index in [9.17, 15) is 4.39 Å². The lowest BCUT2D eigenvalue weighted by Gasteiger charge is -2.49. The zero-order valence-corrected chi connectivity index (χ0v) is 11.5. The molecule has 0 amide bonds. The maximum absolute atomic E-state index is 13.5. The van der Waals surface area contributed by atoms with Crippen LogP contribution in [0.1, 0.15) is 45.6 Å². The first kappa shape index (κ1) is 12.0. The Balaban J connectivity index is 2.04. The van der Waals surface area contributed by atoms with E-state index in [0.29, 0.717) is 12.0 Å². The minimum Gasteiger partial charge on any atom is -0.382 e. The van der Waals surface area contributed by atoms with Crippen LogP contribution in [0.15, 0.2) is 18.2 Å². The molecular formula is C16H22FN. The van der Waals surface area contributed by atoms with Crippen LogP contribution in [0.4, 0.5) is 10.1 Å². The van der Waals surface area contributed by atoms with Crippen LogP contribution >= 0.6 is 0 Å². The molecule has 0 aromatic heterocycles. The van der Waals surface area contributed by atoms with Gasteiger partial charge in [0.2, 0.25) is 0 Å². The Bertz CT molecular complexity index is 466. The summed E-state index contributed by atoms with van der Waals surface area (Å²) in [5.74, 6) is 1.31. The third-order valence-electron chi connectivity index (χ3n) is 5.06. The molecule has 1 saturated carbocycles. The van der Waals surface area contributed by atoms with E-state index in [4.69, 9.17) is 0 Å². The van der Waals surface area contributed by atoms with Gasteiger partial charge >= 0.3 is 0 Å². The molecule has 1 aliphatic heterocycles. The summed E-state index contributed by atoms with van der Waals surface area (Å²) in [5, 5.41) is 3.65. The highest BCUT2D eigenvalue weighted by molar-refractivity contribution is 5.58. The molecule has 0 spiro atoms. The van der Waals surface area contributed by atoms with Crippen molar-refractivity contribution in [3.63, 3.8) is 0 Å². The Morgan fingerprint density at radius 2 is 2.06 bits per heavy atom. The molecule has 1 heterocycles. The Kier molecular flexibility index (Phi) is 2.65. The van der Waals surface area contributed by atoms with Gasteiger partial charge < -0.3 is 5.32 Å². The zero-order chi connectivity index (χ0) is 12.9. The predicted molar refractivity (Wildman–Crippen MR) is 73.3 cm³/mol. The van der Waals surface area contributed by atoms with Gasteiger partial charge in [0.05, 0.1) is 0 Å². The fourth-order valence-electron chi connectivity index (χ4n) is 3.98. The van der Waals surface area contributed by atoms with Crippen LogP contribution in [0, 0.1) is 17.7 Å². The molecule has 18 heavy (non-hydrogen) atoms. The van der Waals surface area contributed by atoms with E-state index in [-0.39, 0.29) is 11.2 Å². The number of nitrogens with one attached hydrogen (secondary N) is 1. The van der Waals surface area contributed by atoms with Gasteiger partial charge in [-0.1, -0.05) is 27.2 Å². The highest BCUT2D eigenvalue weighted by Gasteiger charge is 2.44. The maximum atomic E-state index is 13.5. The Hall–Kier alpha value is -1.05. The Morgan fingerprint density at radius 1 is 1.28 bits per heavy atom. The largest absolute Gasteiger partial charge is 0.382 e. The van der Waals surface area contributed by atoms with Crippen molar-refractivity contribution in [3.05, 3.63) is 29.6 Å². The Labute approximate surface area is 109 Å². The first-order valence-corrected chi connectivity index (χ1v) is 7.05. The second kappa shape index (κ2) is 3.97. The number of hydrogen-bond donors (Lipinski definition) is 1. The average Bonchev–Trinajstić information content (AvgIpc) is 2.30. The molecule has 1 fully saturated rings. The normalized spacial score (nSPS) is 33.2. The lowest BCUT2D eigenvalue weighted by Crippen LogP contribution is -2.49. The minimum absolute atomic E-state index is 0.0769. The van der Waals surface area contributed by atoms with Crippen molar-refractivity contribution in [1.29, 1.82) is 0 Å². The molecule has 2 aliphatic rings. The van der Waals surface area contributed by atoms with Crippen molar-refractivity contribution in [2.75, 3.05) is 5.32 Å². The van der Waals surface area contributed by atoms with Gasteiger partial charge in [-0.15, -0.1) is 0 Å². The van der Waals surface area contributed by atoms with Gasteiger partial charge in [-0.05, 0) is 53.9 Å². The second-order valence-corrected chi connectivity index (χ2v) is 6.69. The summed E-state index contributed by atoms with van der Waals surface area (Å²) in [6.07, 6.45) is 3.80. The van der Waals surface area contributed by atoms with Gasteiger partial charge in [-0.3, -0.25) is 0 Å². The third kappa shape index (κ3) is 1.73. The number of benzene rings is 1. The molecule has 1 aromatic carbocycles. The van der Waals surface area contributed by atoms with Crippen molar-refractivity contribution in [3.8, 4) is 0 Å². The number of hydrogen-bond acceptors (Lipinski definition) is 1. The van der Waals surface area contributed by atoms with Gasteiger partial charge in [-0.2, -0.15) is 0 Å². The predicted octanol–water partition coefficient (Wildman–Crippen LogP) is 4.33. The van der Waals surface area contributed by atoms with Crippen molar-refractivity contribution in [1.82, 2.24) is 0 Å². The van der Waals surface area contributed by atoms with Crippen molar-refractivity contribution < 1.29 is 4.39 Å². The van der Waals surface area contributed by atoms with Crippen LogP contribution in [0.5, 0.6) is 0 Å². The highest BCUT2D eigenvalue weighted by atomic mass is 19.1. The van der Waals surface area contributed by atoms with Gasteiger partial charge in [0.15, 0.2) is 0 Å². The molecule has 98 valence electrons. The summed E-state index contributed by atoms with van der Waals surface area (Å²) in [7, 11) is 0. The highest BCUT2D eigenvalue weighted by Crippen LogP contribution is 2.49. The fraction of sp³-hybridized carbons (Fsp3) is 0.625. The molecule has 1 aliphatic carbocycles. The van der Waals surface area contributed by atoms with Crippen LogP contribution in [0.3, 0.4) is 0 Å². The summed E-state index contributed by atoms with van der Waals surface area (Å²) in [5.41, 5.74) is 2.36. The maximum Gasteiger partial charge on any atom is 0.123 e. The van der Waals surface area contributed by atoms with Gasteiger partial charge in [-0.25, -0.2) is 4.39 Å². The summed E-state index contributed by atoms with van der Waals surface area (Å²) in [6.45, 7) is 6.89. The smallest absolute Gasteiger partial charge is 0.123 e. The van der Waals surface area contributed by atoms with Crippen LogP contribution in [0.25, 0.3) is 0 Å². The Morgan fingerprint density at radius 3 is 2.83 bits per heavy atom. The standard InChI is InChI=1S/C16H22FN/c1-10-4-6-12-15(8-10)18-14-7-5-11(17)9-13(14)16(12,2)3/h5,7,9-10,12,15,18H,4,6,8H2,1-3H3/t10-,12-,15-/m0/s1. The number of rotatable bonds is 0. The number of fused-ring (bicyclic) bond motifs is 2. The lowest BCUT2D eigenvalue weighted by atomic mass is 9.61. The topological polar surface area (TPSA) is 12.0 Å². The number of anilines is 1. The minimum atomic E-state index is -0.119. The first-order valence-electron chi connectivity index (χ1n) is 7.05. The van der Waals surface area contributed by atoms with E-state index >= 15 is 0 Å². The molecule has 0 unspecified atom stereocenters. The lowest BCUT2D eigenvalue weighted by molar-refractivity contribution is 0.173. The van der Waals surface area contributed by atoms with E-state index < -0.39 is 0 Å². The molecule has 1 aromatic rings. The molecule has 1 N–H and O–H groups in total. The third-order valence-corrected chi connectivity index (χ3v) is 5.06. The van der Waals surface area contributed by atoms with Crippen molar-refractivity contribution >= 4 is 5.69 Å². The second-order valence-electron chi connectivity index (χ2n) is 6.69. The monoisotopic (exact) mass is 247 g/mol. The fourth-order valence-corrected chi connectivity index (χ4v) is 3.98. The molecule has 0 radical (unpaired) electrons. The van der Waals surface area contributed by atoms with Crippen molar-refractivity contribution in [2.24, 2.45) is 11.8 Å².